The van der Waals surface area contributed by atoms with Gasteiger partial charge < -0.3 is 16.8 Å². The Morgan fingerprint density at radius 1 is 1.21 bits per heavy atom. The first kappa shape index (κ1) is 13.2. The first-order valence-electron chi connectivity index (χ1n) is 5.74. The van der Waals surface area contributed by atoms with Crippen molar-refractivity contribution in [1.82, 2.24) is 0 Å². The zero-order chi connectivity index (χ0) is 13.8. The van der Waals surface area contributed by atoms with Crippen molar-refractivity contribution in [3.8, 4) is 0 Å². The number of halogens is 1. The summed E-state index contributed by atoms with van der Waals surface area (Å²) in [5.74, 6) is -0.538. The van der Waals surface area contributed by atoms with Gasteiger partial charge in [0.1, 0.15) is 0 Å². The summed E-state index contributed by atoms with van der Waals surface area (Å²) in [4.78, 5) is 11.2. The summed E-state index contributed by atoms with van der Waals surface area (Å²) in [7, 11) is 0. The smallest absolute Gasteiger partial charge is 0.250 e. The van der Waals surface area contributed by atoms with Gasteiger partial charge in [-0.3, -0.25) is 4.79 Å². The molecule has 1 amide bonds. The zero-order valence-corrected chi connectivity index (χ0v) is 10.9. The van der Waals surface area contributed by atoms with Crippen molar-refractivity contribution < 1.29 is 4.79 Å². The van der Waals surface area contributed by atoms with E-state index in [2.05, 4.69) is 5.32 Å². The quantitative estimate of drug-likeness (QED) is 0.750. The summed E-state index contributed by atoms with van der Waals surface area (Å²) < 4.78 is 0. The maximum Gasteiger partial charge on any atom is 0.250 e. The molecular formula is C14H14ClN3O. The van der Waals surface area contributed by atoms with Crippen LogP contribution in [0.2, 0.25) is 5.02 Å². The molecule has 0 heterocycles. The highest BCUT2D eigenvalue weighted by molar-refractivity contribution is 6.30. The van der Waals surface area contributed by atoms with Crippen molar-refractivity contribution in [3.63, 3.8) is 0 Å². The number of nitrogens with two attached hydrogens (primary N) is 2. The molecule has 5 N–H and O–H groups in total. The lowest BCUT2D eigenvalue weighted by Gasteiger charge is -2.11. The molecule has 2 aromatic rings. The lowest BCUT2D eigenvalue weighted by molar-refractivity contribution is 0.100. The van der Waals surface area contributed by atoms with Crippen LogP contribution in [0.15, 0.2) is 42.5 Å². The molecule has 2 rings (SSSR count). The lowest BCUT2D eigenvalue weighted by atomic mass is 10.1. The minimum Gasteiger partial charge on any atom is -0.396 e. The van der Waals surface area contributed by atoms with Gasteiger partial charge in [-0.25, -0.2) is 0 Å². The second-order valence-corrected chi connectivity index (χ2v) is 4.55. The Kier molecular flexibility index (Phi) is 3.92. The van der Waals surface area contributed by atoms with Crippen molar-refractivity contribution in [2.24, 2.45) is 5.73 Å². The number of benzene rings is 2. The van der Waals surface area contributed by atoms with Gasteiger partial charge in [-0.1, -0.05) is 29.8 Å². The maximum absolute atomic E-state index is 11.2. The molecule has 0 radical (unpaired) electrons. The lowest BCUT2D eigenvalue weighted by Crippen LogP contribution is -2.14. The molecule has 0 aliphatic heterocycles. The molecule has 0 bridgehead atoms. The molecule has 2 aromatic carbocycles. The third kappa shape index (κ3) is 3.17. The third-order valence-electron chi connectivity index (χ3n) is 2.74. The normalized spacial score (nSPS) is 10.2. The fraction of sp³-hybridized carbons (Fsp3) is 0.0714. The molecule has 0 saturated carbocycles. The third-order valence-corrected chi connectivity index (χ3v) is 2.98. The Morgan fingerprint density at radius 3 is 2.63 bits per heavy atom. The second-order valence-electron chi connectivity index (χ2n) is 4.11. The molecule has 4 nitrogen and oxygen atoms in total. The van der Waals surface area contributed by atoms with Gasteiger partial charge in [-0.05, 0) is 29.8 Å². The maximum atomic E-state index is 11.2. The number of hydrogen-bond donors (Lipinski definition) is 3. The Bertz CT molecular complexity index is 613. The molecule has 0 saturated heterocycles. The Labute approximate surface area is 116 Å². The Hall–Kier alpha value is -2.20. The average molecular weight is 276 g/mol. The molecule has 0 fully saturated rings. The first-order valence-corrected chi connectivity index (χ1v) is 6.12. The van der Waals surface area contributed by atoms with Gasteiger partial charge in [0.2, 0.25) is 0 Å². The predicted molar refractivity (Wildman–Crippen MR) is 78.2 cm³/mol. The average Bonchev–Trinajstić information content (AvgIpc) is 2.37. The van der Waals surface area contributed by atoms with Gasteiger partial charge in [0.15, 0.2) is 0 Å². The van der Waals surface area contributed by atoms with Crippen LogP contribution in [-0.4, -0.2) is 5.91 Å². The first-order chi connectivity index (χ1) is 9.08. The Balaban J connectivity index is 2.16. The van der Waals surface area contributed by atoms with E-state index in [9.17, 15) is 4.79 Å². The molecule has 0 unspecified atom stereocenters. The summed E-state index contributed by atoms with van der Waals surface area (Å²) >= 11 is 5.91. The number of primary amides is 1. The van der Waals surface area contributed by atoms with Gasteiger partial charge in [-0.2, -0.15) is 0 Å². The topological polar surface area (TPSA) is 81.1 Å². The van der Waals surface area contributed by atoms with Crippen molar-refractivity contribution >= 4 is 28.9 Å². The van der Waals surface area contributed by atoms with Crippen LogP contribution in [0.3, 0.4) is 0 Å². The van der Waals surface area contributed by atoms with Crippen LogP contribution in [0.1, 0.15) is 15.9 Å². The van der Waals surface area contributed by atoms with E-state index in [0.29, 0.717) is 28.5 Å². The van der Waals surface area contributed by atoms with Crippen LogP contribution in [-0.2, 0) is 6.54 Å². The molecule has 0 aliphatic carbocycles. The van der Waals surface area contributed by atoms with Crippen molar-refractivity contribution in [1.29, 1.82) is 0 Å². The summed E-state index contributed by atoms with van der Waals surface area (Å²) in [5.41, 5.74) is 13.5. The van der Waals surface area contributed by atoms with E-state index in [1.807, 2.05) is 24.3 Å². The number of anilines is 2. The number of para-hydroxylation sites is 1. The van der Waals surface area contributed by atoms with Gasteiger partial charge in [-0.15, -0.1) is 0 Å². The number of carbonyl (C=O) groups is 1. The summed E-state index contributed by atoms with van der Waals surface area (Å²) in [6.07, 6.45) is 0. The van der Waals surface area contributed by atoms with Crippen LogP contribution >= 0.6 is 11.6 Å². The number of carbonyl (C=O) groups excluding carboxylic acids is 1. The molecule has 0 spiro atoms. The highest BCUT2D eigenvalue weighted by atomic mass is 35.5. The minimum atomic E-state index is -0.538. The second kappa shape index (κ2) is 5.63. The van der Waals surface area contributed by atoms with Crippen molar-refractivity contribution in [3.05, 3.63) is 58.6 Å². The van der Waals surface area contributed by atoms with Crippen LogP contribution in [0.25, 0.3) is 0 Å². The number of rotatable bonds is 4. The number of hydrogen-bond acceptors (Lipinski definition) is 3. The molecule has 19 heavy (non-hydrogen) atoms. The number of amides is 1. The van der Waals surface area contributed by atoms with E-state index in [1.54, 1.807) is 18.2 Å². The van der Waals surface area contributed by atoms with Gasteiger partial charge in [0.05, 0.1) is 16.9 Å². The van der Waals surface area contributed by atoms with Gasteiger partial charge in [0, 0.05) is 11.6 Å². The fourth-order valence-corrected chi connectivity index (χ4v) is 1.99. The molecule has 98 valence electrons. The number of nitrogens with one attached hydrogen (secondary N) is 1. The fourth-order valence-electron chi connectivity index (χ4n) is 1.78. The minimum absolute atomic E-state index is 0.316. The summed E-state index contributed by atoms with van der Waals surface area (Å²) in [5, 5.41) is 3.84. The van der Waals surface area contributed by atoms with Crippen LogP contribution in [0, 0.1) is 0 Å². The Morgan fingerprint density at radius 2 is 1.95 bits per heavy atom. The van der Waals surface area contributed by atoms with E-state index >= 15 is 0 Å². The number of nitrogen functional groups attached to an aromatic ring is 1. The molecular weight excluding hydrogens is 262 g/mol. The zero-order valence-electron chi connectivity index (χ0n) is 10.2. The molecule has 0 aromatic heterocycles. The summed E-state index contributed by atoms with van der Waals surface area (Å²) in [6.45, 7) is 0.562. The monoisotopic (exact) mass is 275 g/mol. The highest BCUT2D eigenvalue weighted by Crippen LogP contribution is 2.23. The van der Waals surface area contributed by atoms with Crippen LogP contribution < -0.4 is 16.8 Å². The predicted octanol–water partition coefficient (Wildman–Crippen LogP) is 2.63. The van der Waals surface area contributed by atoms with E-state index in [-0.39, 0.29) is 0 Å². The van der Waals surface area contributed by atoms with Gasteiger partial charge >= 0.3 is 0 Å². The molecule has 0 atom stereocenters. The van der Waals surface area contributed by atoms with Crippen LogP contribution in [0.5, 0.6) is 0 Å². The van der Waals surface area contributed by atoms with E-state index in [1.165, 1.54) is 0 Å². The van der Waals surface area contributed by atoms with Gasteiger partial charge in [0.25, 0.3) is 5.91 Å². The van der Waals surface area contributed by atoms with E-state index in [4.69, 9.17) is 23.1 Å². The van der Waals surface area contributed by atoms with E-state index in [0.717, 1.165) is 5.56 Å². The molecule has 0 aliphatic rings. The standard InChI is InChI=1S/C14H14ClN3O/c15-10-4-1-3-9(7-10)8-18-12-6-2-5-11(13(12)16)14(17)19/h1-7,18H,8,16H2,(H2,17,19). The highest BCUT2D eigenvalue weighted by Gasteiger charge is 2.08. The molecule has 5 heteroatoms. The SMILES string of the molecule is NC(=O)c1cccc(NCc2cccc(Cl)c2)c1N. The van der Waals surface area contributed by atoms with Crippen molar-refractivity contribution in [2.75, 3.05) is 11.1 Å². The summed E-state index contributed by atoms with van der Waals surface area (Å²) in [6, 6.07) is 12.6. The van der Waals surface area contributed by atoms with E-state index < -0.39 is 5.91 Å². The van der Waals surface area contributed by atoms with Crippen molar-refractivity contribution in [2.45, 2.75) is 6.54 Å². The largest absolute Gasteiger partial charge is 0.396 e. The van der Waals surface area contributed by atoms with Crippen LogP contribution in [0.4, 0.5) is 11.4 Å².